The van der Waals surface area contributed by atoms with Crippen molar-refractivity contribution in [1.29, 1.82) is 0 Å². The van der Waals surface area contributed by atoms with E-state index < -0.39 is 23.9 Å². The van der Waals surface area contributed by atoms with E-state index in [-0.39, 0.29) is 23.7 Å². The standard InChI is InChI=1S/C10H21O7P3/c1-5-14-7-18(11)9(3)16-20(13)17-10(4)19(12)8-15-6-2/h18-20H,3-8H2,1-2H3. The van der Waals surface area contributed by atoms with Gasteiger partial charge < -0.3 is 27.7 Å². The van der Waals surface area contributed by atoms with E-state index in [4.69, 9.17) is 18.5 Å². The summed E-state index contributed by atoms with van der Waals surface area (Å²) in [5, 5.41) is 0. The second-order valence-electron chi connectivity index (χ2n) is 3.42. The summed E-state index contributed by atoms with van der Waals surface area (Å²) in [6.07, 6.45) is -0.0614. The van der Waals surface area contributed by atoms with E-state index in [1.54, 1.807) is 13.8 Å². The first-order valence-corrected chi connectivity index (χ1v) is 10.4. The van der Waals surface area contributed by atoms with Gasteiger partial charge in [-0.25, -0.2) is 4.57 Å². The summed E-state index contributed by atoms with van der Waals surface area (Å²) in [5.74, 6) is 0. The molecule has 20 heavy (non-hydrogen) atoms. The Morgan fingerprint density at radius 3 is 1.50 bits per heavy atom. The molecule has 0 amide bonds. The molecule has 10 heteroatoms. The largest absolute Gasteiger partial charge is 0.419 e. The lowest BCUT2D eigenvalue weighted by atomic mass is 10.9. The predicted molar refractivity (Wildman–Crippen MR) is 80.4 cm³/mol. The minimum Gasteiger partial charge on any atom is -0.415 e. The fourth-order valence-corrected chi connectivity index (χ4v) is 3.84. The third-order valence-corrected chi connectivity index (χ3v) is 5.52. The molecule has 0 aromatic rings. The van der Waals surface area contributed by atoms with E-state index in [0.717, 1.165) is 0 Å². The molecule has 0 saturated heterocycles. The monoisotopic (exact) mass is 346 g/mol. The maximum atomic E-state index is 11.6. The van der Waals surface area contributed by atoms with E-state index in [1.807, 2.05) is 0 Å². The molecule has 118 valence electrons. The maximum absolute atomic E-state index is 11.6. The van der Waals surface area contributed by atoms with Gasteiger partial charge in [-0.3, -0.25) is 0 Å². The van der Waals surface area contributed by atoms with Crippen molar-refractivity contribution in [3.05, 3.63) is 24.2 Å². The van der Waals surface area contributed by atoms with Gasteiger partial charge >= 0.3 is 8.25 Å². The van der Waals surface area contributed by atoms with Gasteiger partial charge in [0, 0.05) is 13.2 Å². The molecule has 0 radical (unpaired) electrons. The molecule has 0 aromatic carbocycles. The summed E-state index contributed by atoms with van der Waals surface area (Å²) in [4.78, 5) is 0. The minimum atomic E-state index is -3.04. The number of ether oxygens (including phenoxy) is 2. The van der Waals surface area contributed by atoms with Gasteiger partial charge in [0.1, 0.15) is 12.7 Å². The van der Waals surface area contributed by atoms with Gasteiger partial charge in [-0.1, -0.05) is 13.2 Å². The summed E-state index contributed by atoms with van der Waals surface area (Å²) in [5.41, 5.74) is -0.297. The molecule has 0 aromatic heterocycles. The van der Waals surface area contributed by atoms with Gasteiger partial charge in [0.25, 0.3) is 0 Å². The molecule has 0 rings (SSSR count). The van der Waals surface area contributed by atoms with Crippen LogP contribution < -0.4 is 0 Å². The summed E-state index contributed by atoms with van der Waals surface area (Å²) in [7, 11) is -7.76. The topological polar surface area (TPSA) is 88.1 Å². The number of hydrogen-bond acceptors (Lipinski definition) is 7. The predicted octanol–water partition coefficient (Wildman–Crippen LogP) is 3.46. The van der Waals surface area contributed by atoms with Crippen molar-refractivity contribution in [2.45, 2.75) is 13.8 Å². The summed E-state index contributed by atoms with van der Waals surface area (Å²) >= 11 is 0. The van der Waals surface area contributed by atoms with Crippen molar-refractivity contribution in [2.75, 3.05) is 25.9 Å². The zero-order valence-corrected chi connectivity index (χ0v) is 14.6. The Bertz CT molecular complexity index is 372. The Balaban J connectivity index is 4.15. The van der Waals surface area contributed by atoms with Crippen LogP contribution >= 0.6 is 23.9 Å². The molecule has 0 fully saturated rings. The first kappa shape index (κ1) is 19.7. The van der Waals surface area contributed by atoms with Gasteiger partial charge in [0.15, 0.2) is 26.6 Å². The molecule has 0 aliphatic rings. The van der Waals surface area contributed by atoms with Crippen LogP contribution in [0.2, 0.25) is 0 Å². The number of rotatable bonds is 12. The normalized spacial score (nSPS) is 15.1. The van der Waals surface area contributed by atoms with Crippen LogP contribution in [0.5, 0.6) is 0 Å². The van der Waals surface area contributed by atoms with Crippen LogP contribution in [-0.4, -0.2) is 25.9 Å². The second-order valence-corrected chi connectivity index (χ2v) is 7.71. The highest BCUT2D eigenvalue weighted by Gasteiger charge is 2.14. The molecule has 7 nitrogen and oxygen atoms in total. The lowest BCUT2D eigenvalue weighted by molar-refractivity contribution is 0.192. The smallest absolute Gasteiger partial charge is 0.415 e. The maximum Gasteiger partial charge on any atom is 0.419 e. The van der Waals surface area contributed by atoms with Gasteiger partial charge in [0.2, 0.25) is 0 Å². The SMILES string of the molecule is C=C(O[PH](=O)OC(=C)[PH](=O)COCC)[PH](=O)COCC. The van der Waals surface area contributed by atoms with Gasteiger partial charge in [0.05, 0.1) is 0 Å². The highest BCUT2D eigenvalue weighted by Crippen LogP contribution is 2.44. The van der Waals surface area contributed by atoms with Gasteiger partial charge in [-0.2, -0.15) is 0 Å². The van der Waals surface area contributed by atoms with Crippen LogP contribution in [0.1, 0.15) is 13.8 Å². The van der Waals surface area contributed by atoms with Crippen molar-refractivity contribution in [3.8, 4) is 0 Å². The first-order chi connectivity index (χ1) is 9.42. The number of hydrogen-bond donors (Lipinski definition) is 0. The molecule has 0 aliphatic heterocycles. The van der Waals surface area contributed by atoms with Crippen LogP contribution in [0.25, 0.3) is 0 Å². The van der Waals surface area contributed by atoms with Crippen molar-refractivity contribution in [1.82, 2.24) is 0 Å². The van der Waals surface area contributed by atoms with Crippen molar-refractivity contribution >= 4 is 23.9 Å². The molecule has 0 aliphatic carbocycles. The second kappa shape index (κ2) is 11.4. The molecule has 2 unspecified atom stereocenters. The summed E-state index contributed by atoms with van der Waals surface area (Å²) in [6, 6.07) is 0. The fourth-order valence-electron chi connectivity index (χ4n) is 0.886. The van der Waals surface area contributed by atoms with Crippen LogP contribution in [0.3, 0.4) is 0 Å². The molecular weight excluding hydrogens is 325 g/mol. The summed E-state index contributed by atoms with van der Waals surface area (Å²) in [6.45, 7) is 11.1. The van der Waals surface area contributed by atoms with Crippen LogP contribution in [-0.2, 0) is 32.2 Å². The molecule has 0 N–H and O–H groups in total. The lowest BCUT2D eigenvalue weighted by Gasteiger charge is -2.11. The highest BCUT2D eigenvalue weighted by molar-refractivity contribution is 7.51. The molecule has 0 heterocycles. The van der Waals surface area contributed by atoms with Crippen LogP contribution in [0.15, 0.2) is 24.2 Å². The van der Waals surface area contributed by atoms with Crippen LogP contribution in [0, 0.1) is 0 Å². The summed E-state index contributed by atoms with van der Waals surface area (Å²) < 4.78 is 54.1. The Morgan fingerprint density at radius 1 is 0.850 bits per heavy atom. The Kier molecular flexibility index (Phi) is 11.2. The van der Waals surface area contributed by atoms with E-state index in [9.17, 15) is 13.7 Å². The minimum absolute atomic E-state index is 0.0307. The van der Waals surface area contributed by atoms with E-state index in [0.29, 0.717) is 13.2 Å². The zero-order valence-electron chi connectivity index (χ0n) is 11.6. The highest BCUT2D eigenvalue weighted by atomic mass is 31.1. The van der Waals surface area contributed by atoms with Crippen LogP contribution in [0.4, 0.5) is 0 Å². The van der Waals surface area contributed by atoms with E-state index >= 15 is 0 Å². The molecule has 2 atom stereocenters. The Labute approximate surface area is 120 Å². The molecular formula is C10H21O7P3. The Morgan fingerprint density at radius 2 is 1.20 bits per heavy atom. The van der Waals surface area contributed by atoms with E-state index in [1.165, 1.54) is 0 Å². The van der Waals surface area contributed by atoms with E-state index in [2.05, 4.69) is 13.2 Å². The average Bonchev–Trinajstić information content (AvgIpc) is 2.41. The van der Waals surface area contributed by atoms with Crippen molar-refractivity contribution < 1.29 is 32.2 Å². The Hall–Kier alpha value is -0.310. The third kappa shape index (κ3) is 8.78. The zero-order chi connectivity index (χ0) is 15.5. The quantitative estimate of drug-likeness (QED) is 0.395. The first-order valence-electron chi connectivity index (χ1n) is 5.91. The molecule has 0 saturated carbocycles. The lowest BCUT2D eigenvalue weighted by Crippen LogP contribution is -1.91. The average molecular weight is 346 g/mol. The van der Waals surface area contributed by atoms with Crippen molar-refractivity contribution in [3.63, 3.8) is 0 Å². The third-order valence-electron chi connectivity index (χ3n) is 1.91. The fraction of sp³-hybridized carbons (Fsp3) is 0.600. The van der Waals surface area contributed by atoms with Gasteiger partial charge in [-0.15, -0.1) is 0 Å². The molecule has 0 spiro atoms. The molecule has 0 bridgehead atoms. The van der Waals surface area contributed by atoms with Crippen molar-refractivity contribution in [2.24, 2.45) is 0 Å². The van der Waals surface area contributed by atoms with Gasteiger partial charge in [-0.05, 0) is 13.8 Å².